The second-order valence-corrected chi connectivity index (χ2v) is 5.79. The van der Waals surface area contributed by atoms with Gasteiger partial charge in [0.15, 0.2) is 0 Å². The van der Waals surface area contributed by atoms with Gasteiger partial charge in [-0.2, -0.15) is 0 Å². The van der Waals surface area contributed by atoms with Crippen molar-refractivity contribution in [2.24, 2.45) is 11.8 Å². The minimum absolute atomic E-state index is 0.776. The third-order valence-electron chi connectivity index (χ3n) is 4.13. The van der Waals surface area contributed by atoms with E-state index in [0.29, 0.717) is 0 Å². The highest BCUT2D eigenvalue weighted by Gasteiger charge is 2.21. The zero-order chi connectivity index (χ0) is 12.0. The van der Waals surface area contributed by atoms with Crippen LogP contribution in [0.25, 0.3) is 0 Å². The van der Waals surface area contributed by atoms with Crippen LogP contribution in [-0.4, -0.2) is 38.1 Å². The number of rotatable bonds is 6. The Bertz CT molecular complexity index is 174. The van der Waals surface area contributed by atoms with Crippen LogP contribution >= 0.6 is 0 Å². The lowest BCUT2D eigenvalue weighted by atomic mass is 9.91. The monoisotopic (exact) mass is 226 g/mol. The summed E-state index contributed by atoms with van der Waals surface area (Å²) in [5, 5.41) is 3.33. The van der Waals surface area contributed by atoms with E-state index < -0.39 is 0 Å². The van der Waals surface area contributed by atoms with E-state index in [1.54, 1.807) is 0 Å². The Morgan fingerprint density at radius 1 is 1.19 bits per heavy atom. The molecule has 0 aromatic heterocycles. The Morgan fingerprint density at radius 2 is 1.81 bits per heavy atom. The van der Waals surface area contributed by atoms with Crippen molar-refractivity contribution >= 4 is 0 Å². The van der Waals surface area contributed by atoms with Gasteiger partial charge in [-0.25, -0.2) is 0 Å². The van der Waals surface area contributed by atoms with Crippen molar-refractivity contribution in [3.05, 3.63) is 0 Å². The quantitative estimate of drug-likeness (QED) is 0.749. The predicted octanol–water partition coefficient (Wildman–Crippen LogP) is 2.74. The molecule has 0 aliphatic heterocycles. The van der Waals surface area contributed by atoms with E-state index in [4.69, 9.17) is 0 Å². The van der Waals surface area contributed by atoms with Gasteiger partial charge < -0.3 is 10.2 Å². The molecule has 1 unspecified atom stereocenters. The van der Waals surface area contributed by atoms with Crippen molar-refractivity contribution in [1.29, 1.82) is 0 Å². The molecule has 0 spiro atoms. The van der Waals surface area contributed by atoms with Crippen molar-refractivity contribution in [1.82, 2.24) is 10.2 Å². The molecule has 16 heavy (non-hydrogen) atoms. The SMILES string of the molecule is CNCC(CN(C)C1CCCCC1)C(C)C. The number of hydrogen-bond donors (Lipinski definition) is 1. The van der Waals surface area contributed by atoms with Crippen LogP contribution in [-0.2, 0) is 0 Å². The van der Waals surface area contributed by atoms with Gasteiger partial charge in [-0.15, -0.1) is 0 Å². The number of nitrogens with one attached hydrogen (secondary N) is 1. The first-order valence-electron chi connectivity index (χ1n) is 7.00. The topological polar surface area (TPSA) is 15.3 Å². The Morgan fingerprint density at radius 3 is 2.31 bits per heavy atom. The molecule has 96 valence electrons. The lowest BCUT2D eigenvalue weighted by Crippen LogP contribution is -2.40. The van der Waals surface area contributed by atoms with E-state index >= 15 is 0 Å². The molecule has 0 aromatic rings. The minimum atomic E-state index is 0.776. The maximum atomic E-state index is 3.33. The molecule has 2 heteroatoms. The smallest absolute Gasteiger partial charge is 0.00923 e. The van der Waals surface area contributed by atoms with E-state index in [-0.39, 0.29) is 0 Å². The van der Waals surface area contributed by atoms with Gasteiger partial charge in [-0.05, 0) is 45.3 Å². The molecule has 0 bridgehead atoms. The summed E-state index contributed by atoms with van der Waals surface area (Å²) in [5.41, 5.74) is 0. The first-order valence-corrected chi connectivity index (χ1v) is 7.00. The predicted molar refractivity (Wildman–Crippen MR) is 71.8 cm³/mol. The van der Waals surface area contributed by atoms with Gasteiger partial charge in [0, 0.05) is 12.6 Å². The Balaban J connectivity index is 2.36. The van der Waals surface area contributed by atoms with Crippen LogP contribution in [0, 0.1) is 11.8 Å². The van der Waals surface area contributed by atoms with E-state index in [9.17, 15) is 0 Å². The van der Waals surface area contributed by atoms with Crippen LogP contribution in [0.15, 0.2) is 0 Å². The normalized spacial score (nSPS) is 20.6. The minimum Gasteiger partial charge on any atom is -0.319 e. The van der Waals surface area contributed by atoms with Crippen LogP contribution in [0.5, 0.6) is 0 Å². The summed E-state index contributed by atoms with van der Waals surface area (Å²) in [5.74, 6) is 1.57. The molecule has 0 heterocycles. The van der Waals surface area contributed by atoms with E-state index in [2.05, 4.69) is 38.2 Å². The summed E-state index contributed by atoms with van der Waals surface area (Å²) in [6, 6.07) is 0.854. The standard InChI is InChI=1S/C14H30N2/c1-12(2)13(10-15-3)11-16(4)14-8-6-5-7-9-14/h12-15H,5-11H2,1-4H3. The third-order valence-corrected chi connectivity index (χ3v) is 4.13. The molecule has 0 radical (unpaired) electrons. The second-order valence-electron chi connectivity index (χ2n) is 5.79. The fraction of sp³-hybridized carbons (Fsp3) is 1.00. The highest BCUT2D eigenvalue weighted by molar-refractivity contribution is 4.77. The Kier molecular flexibility index (Phi) is 6.37. The Hall–Kier alpha value is -0.0800. The van der Waals surface area contributed by atoms with E-state index in [1.807, 2.05) is 0 Å². The second kappa shape index (κ2) is 7.29. The van der Waals surface area contributed by atoms with Crippen LogP contribution < -0.4 is 5.32 Å². The molecule has 1 rings (SSSR count). The highest BCUT2D eigenvalue weighted by atomic mass is 15.1. The molecule has 0 amide bonds. The molecule has 1 N–H and O–H groups in total. The average molecular weight is 226 g/mol. The lowest BCUT2D eigenvalue weighted by Gasteiger charge is -2.35. The Labute approximate surface area is 102 Å². The summed E-state index contributed by atoms with van der Waals surface area (Å²) in [6.07, 6.45) is 7.16. The van der Waals surface area contributed by atoms with Gasteiger partial charge in [0.05, 0.1) is 0 Å². The molecular weight excluding hydrogens is 196 g/mol. The third kappa shape index (κ3) is 4.42. The summed E-state index contributed by atoms with van der Waals surface area (Å²) >= 11 is 0. The number of nitrogens with zero attached hydrogens (tertiary/aromatic N) is 1. The largest absolute Gasteiger partial charge is 0.319 e. The van der Waals surface area contributed by atoms with E-state index in [0.717, 1.165) is 24.4 Å². The zero-order valence-corrected chi connectivity index (χ0v) is 11.6. The first-order chi connectivity index (χ1) is 7.65. The van der Waals surface area contributed by atoms with Gasteiger partial charge in [-0.3, -0.25) is 0 Å². The highest BCUT2D eigenvalue weighted by Crippen LogP contribution is 2.23. The van der Waals surface area contributed by atoms with Crippen LogP contribution in [0.3, 0.4) is 0 Å². The first kappa shape index (κ1) is 14.0. The van der Waals surface area contributed by atoms with Gasteiger partial charge >= 0.3 is 0 Å². The molecule has 1 saturated carbocycles. The molecular formula is C14H30N2. The van der Waals surface area contributed by atoms with E-state index in [1.165, 1.54) is 38.6 Å². The molecule has 0 saturated heterocycles. The summed E-state index contributed by atoms with van der Waals surface area (Å²) < 4.78 is 0. The van der Waals surface area contributed by atoms with Gasteiger partial charge in [0.25, 0.3) is 0 Å². The summed E-state index contributed by atoms with van der Waals surface area (Å²) in [7, 11) is 4.39. The maximum Gasteiger partial charge on any atom is 0.00923 e. The zero-order valence-electron chi connectivity index (χ0n) is 11.6. The lowest BCUT2D eigenvalue weighted by molar-refractivity contribution is 0.149. The molecule has 0 aromatic carbocycles. The summed E-state index contributed by atoms with van der Waals surface area (Å²) in [4.78, 5) is 2.61. The molecule has 1 atom stereocenters. The number of hydrogen-bond acceptors (Lipinski definition) is 2. The molecule has 1 fully saturated rings. The van der Waals surface area contributed by atoms with Gasteiger partial charge in [0.1, 0.15) is 0 Å². The fourth-order valence-corrected chi connectivity index (χ4v) is 2.81. The van der Waals surface area contributed by atoms with Gasteiger partial charge in [-0.1, -0.05) is 33.1 Å². The van der Waals surface area contributed by atoms with Crippen molar-refractivity contribution in [2.45, 2.75) is 52.0 Å². The van der Waals surface area contributed by atoms with Crippen LogP contribution in [0.2, 0.25) is 0 Å². The maximum absolute atomic E-state index is 3.33. The van der Waals surface area contributed by atoms with Crippen molar-refractivity contribution in [2.75, 3.05) is 27.2 Å². The summed E-state index contributed by atoms with van der Waals surface area (Å²) in [6.45, 7) is 7.09. The molecule has 1 aliphatic carbocycles. The molecule has 2 nitrogen and oxygen atoms in total. The van der Waals surface area contributed by atoms with Gasteiger partial charge in [0.2, 0.25) is 0 Å². The van der Waals surface area contributed by atoms with Crippen molar-refractivity contribution < 1.29 is 0 Å². The average Bonchev–Trinajstić information content (AvgIpc) is 2.29. The van der Waals surface area contributed by atoms with Crippen LogP contribution in [0.1, 0.15) is 46.0 Å². The van der Waals surface area contributed by atoms with Crippen molar-refractivity contribution in [3.63, 3.8) is 0 Å². The van der Waals surface area contributed by atoms with Crippen molar-refractivity contribution in [3.8, 4) is 0 Å². The van der Waals surface area contributed by atoms with Crippen LogP contribution in [0.4, 0.5) is 0 Å². The fourth-order valence-electron chi connectivity index (χ4n) is 2.81. The molecule has 1 aliphatic rings.